The molecule has 2 aromatic heterocycles. The molecule has 8 heteroatoms. The highest BCUT2D eigenvalue weighted by Crippen LogP contribution is 2.23. The summed E-state index contributed by atoms with van der Waals surface area (Å²) in [6, 6.07) is 7.38. The minimum atomic E-state index is -0.573. The average Bonchev–Trinajstić information content (AvgIpc) is 3.09. The van der Waals surface area contributed by atoms with Crippen molar-refractivity contribution in [3.05, 3.63) is 44.4 Å². The Labute approximate surface area is 141 Å². The second-order valence-corrected chi connectivity index (χ2v) is 7.14. The first kappa shape index (κ1) is 16.6. The lowest BCUT2D eigenvalue weighted by Crippen LogP contribution is -2.37. The van der Waals surface area contributed by atoms with Crippen molar-refractivity contribution in [2.45, 2.75) is 13.1 Å². The number of guanidine groups is 1. The van der Waals surface area contributed by atoms with E-state index in [0.717, 1.165) is 16.3 Å². The van der Waals surface area contributed by atoms with Gasteiger partial charge in [0.1, 0.15) is 5.76 Å². The van der Waals surface area contributed by atoms with Crippen LogP contribution < -0.4 is 11.1 Å². The second-order valence-electron chi connectivity index (χ2n) is 4.59. The van der Waals surface area contributed by atoms with Gasteiger partial charge in [-0.1, -0.05) is 0 Å². The third kappa shape index (κ3) is 4.35. The van der Waals surface area contributed by atoms with Crippen molar-refractivity contribution in [3.8, 4) is 0 Å². The molecule has 0 saturated heterocycles. The lowest BCUT2D eigenvalue weighted by Gasteiger charge is -2.21. The van der Waals surface area contributed by atoms with Gasteiger partial charge in [-0.2, -0.15) is 0 Å². The number of carbonyl (C=O) groups is 1. The molecule has 0 atom stereocenters. The van der Waals surface area contributed by atoms with E-state index in [4.69, 9.17) is 10.2 Å². The lowest BCUT2D eigenvalue weighted by atomic mass is 10.4. The summed E-state index contributed by atoms with van der Waals surface area (Å²) in [6.45, 7) is 1.18. The third-order valence-electron chi connectivity index (χ3n) is 2.92. The molecule has 2 rings (SSSR count). The lowest BCUT2D eigenvalue weighted by molar-refractivity contribution is 0.0972. The number of halogens is 1. The quantitative estimate of drug-likeness (QED) is 0.612. The van der Waals surface area contributed by atoms with Crippen LogP contribution in [0.15, 0.2) is 37.5 Å². The number of nitrogens with zero attached hydrogens (tertiary/aromatic N) is 2. The van der Waals surface area contributed by atoms with Crippen molar-refractivity contribution in [1.82, 2.24) is 10.2 Å². The van der Waals surface area contributed by atoms with Crippen LogP contribution in [0.5, 0.6) is 0 Å². The Hall–Kier alpha value is -1.80. The van der Waals surface area contributed by atoms with Crippen molar-refractivity contribution >= 4 is 39.1 Å². The van der Waals surface area contributed by atoms with Crippen molar-refractivity contribution in [2.24, 2.45) is 10.7 Å². The zero-order chi connectivity index (χ0) is 16.1. The molecule has 0 bridgehead atoms. The normalized spacial score (nSPS) is 11.5. The highest BCUT2D eigenvalue weighted by molar-refractivity contribution is 9.11. The number of nitrogens with one attached hydrogen (secondary N) is 1. The molecule has 2 aromatic rings. The van der Waals surface area contributed by atoms with Gasteiger partial charge in [0.05, 0.1) is 16.9 Å². The molecular formula is C14H17BrN4O2S. The maximum Gasteiger partial charge on any atom is 0.284 e. The van der Waals surface area contributed by atoms with Gasteiger partial charge in [0, 0.05) is 19.0 Å². The first-order valence-electron chi connectivity index (χ1n) is 6.54. The number of aliphatic imine (C=N–C) groups is 1. The van der Waals surface area contributed by atoms with Crippen molar-refractivity contribution in [1.29, 1.82) is 0 Å². The summed E-state index contributed by atoms with van der Waals surface area (Å²) in [5.41, 5.74) is 5.16. The molecule has 3 N–H and O–H groups in total. The van der Waals surface area contributed by atoms with Crippen LogP contribution in [0.2, 0.25) is 0 Å². The molecule has 6 nitrogen and oxygen atoms in total. The maximum absolute atomic E-state index is 11.0. The number of hydrogen-bond donors (Lipinski definition) is 2. The summed E-state index contributed by atoms with van der Waals surface area (Å²) in [5.74, 6) is 0.948. The summed E-state index contributed by atoms with van der Waals surface area (Å²) in [6.07, 6.45) is 0. The van der Waals surface area contributed by atoms with Crippen molar-refractivity contribution in [3.63, 3.8) is 0 Å². The van der Waals surface area contributed by atoms with Crippen LogP contribution in [0.3, 0.4) is 0 Å². The van der Waals surface area contributed by atoms with Gasteiger partial charge in [0.25, 0.3) is 5.91 Å². The molecule has 0 spiro atoms. The zero-order valence-electron chi connectivity index (χ0n) is 12.3. The second kappa shape index (κ2) is 7.46. The zero-order valence-corrected chi connectivity index (χ0v) is 14.7. The molecule has 2 heterocycles. The number of furan rings is 1. The van der Waals surface area contributed by atoms with Gasteiger partial charge in [-0.3, -0.25) is 9.79 Å². The van der Waals surface area contributed by atoms with Crippen LogP contribution in [0.4, 0.5) is 0 Å². The largest absolute Gasteiger partial charge is 0.454 e. The highest BCUT2D eigenvalue weighted by atomic mass is 79.9. The Morgan fingerprint density at radius 3 is 2.77 bits per heavy atom. The number of hydrogen-bond acceptors (Lipinski definition) is 4. The Morgan fingerprint density at radius 1 is 1.45 bits per heavy atom. The summed E-state index contributed by atoms with van der Waals surface area (Å²) >= 11 is 5.14. The van der Waals surface area contributed by atoms with Gasteiger partial charge in [-0.15, -0.1) is 11.3 Å². The van der Waals surface area contributed by atoms with Crippen LogP contribution in [0.1, 0.15) is 21.2 Å². The van der Waals surface area contributed by atoms with Gasteiger partial charge in [0.15, 0.2) is 11.7 Å². The van der Waals surface area contributed by atoms with E-state index in [-0.39, 0.29) is 5.76 Å². The summed E-state index contributed by atoms with van der Waals surface area (Å²) in [7, 11) is 3.68. The third-order valence-corrected chi connectivity index (χ3v) is 4.53. The van der Waals surface area contributed by atoms with E-state index in [1.165, 1.54) is 4.88 Å². The van der Waals surface area contributed by atoms with E-state index >= 15 is 0 Å². The van der Waals surface area contributed by atoms with E-state index in [1.807, 2.05) is 18.0 Å². The van der Waals surface area contributed by atoms with E-state index in [9.17, 15) is 4.79 Å². The fraction of sp³-hybridized carbons (Fsp3) is 0.286. The van der Waals surface area contributed by atoms with Crippen LogP contribution in [0.25, 0.3) is 0 Å². The van der Waals surface area contributed by atoms with Crippen LogP contribution in [-0.2, 0) is 13.1 Å². The van der Waals surface area contributed by atoms with E-state index < -0.39 is 5.91 Å². The first-order chi connectivity index (χ1) is 10.5. The number of thiophene rings is 1. The summed E-state index contributed by atoms with van der Waals surface area (Å²) < 4.78 is 6.43. The van der Waals surface area contributed by atoms with Crippen LogP contribution in [-0.4, -0.2) is 30.9 Å². The molecule has 0 aromatic carbocycles. The van der Waals surface area contributed by atoms with E-state index in [2.05, 4.69) is 32.3 Å². The minimum Gasteiger partial charge on any atom is -0.454 e. The SMILES string of the molecule is CN=C(NCc1ccc(C(N)=O)o1)N(C)Cc1ccc(Br)s1. The first-order valence-corrected chi connectivity index (χ1v) is 8.15. The predicted octanol–water partition coefficient (Wildman–Crippen LogP) is 2.41. The van der Waals surface area contributed by atoms with Crippen LogP contribution in [0, 0.1) is 0 Å². The van der Waals surface area contributed by atoms with E-state index in [0.29, 0.717) is 12.3 Å². The predicted molar refractivity (Wildman–Crippen MR) is 90.9 cm³/mol. The van der Waals surface area contributed by atoms with Gasteiger partial charge in [-0.05, 0) is 40.2 Å². The maximum atomic E-state index is 11.0. The number of carbonyl (C=O) groups excluding carboxylic acids is 1. The molecule has 0 saturated carbocycles. The van der Waals surface area contributed by atoms with Crippen molar-refractivity contribution in [2.75, 3.05) is 14.1 Å². The molecule has 0 radical (unpaired) electrons. The number of rotatable bonds is 5. The topological polar surface area (TPSA) is 83.9 Å². The molecular weight excluding hydrogens is 368 g/mol. The van der Waals surface area contributed by atoms with Gasteiger partial charge in [0.2, 0.25) is 0 Å². The molecule has 22 heavy (non-hydrogen) atoms. The molecule has 118 valence electrons. The number of amides is 1. The smallest absolute Gasteiger partial charge is 0.284 e. The average molecular weight is 385 g/mol. The van der Waals surface area contributed by atoms with E-state index in [1.54, 1.807) is 30.5 Å². The number of nitrogens with two attached hydrogens (primary N) is 1. The Morgan fingerprint density at radius 2 is 2.23 bits per heavy atom. The Balaban J connectivity index is 1.92. The molecule has 0 aliphatic rings. The number of primary amides is 1. The minimum absolute atomic E-state index is 0.156. The Kier molecular flexibility index (Phi) is 5.62. The summed E-state index contributed by atoms with van der Waals surface area (Å²) in [4.78, 5) is 18.5. The molecule has 0 unspecified atom stereocenters. The molecule has 0 fully saturated rings. The van der Waals surface area contributed by atoms with Gasteiger partial charge in [-0.25, -0.2) is 0 Å². The fourth-order valence-corrected chi connectivity index (χ4v) is 3.44. The van der Waals surface area contributed by atoms with Gasteiger partial charge < -0.3 is 20.4 Å². The summed E-state index contributed by atoms with van der Waals surface area (Å²) in [5, 5.41) is 3.19. The molecule has 0 aliphatic heterocycles. The van der Waals surface area contributed by atoms with Crippen molar-refractivity contribution < 1.29 is 9.21 Å². The molecule has 1 amide bonds. The van der Waals surface area contributed by atoms with Gasteiger partial charge >= 0.3 is 0 Å². The standard InChI is InChI=1S/C14H17BrN4O2S/c1-17-14(19(2)8-10-4-6-12(15)22-10)18-7-9-3-5-11(21-9)13(16)20/h3-6H,7-8H2,1-2H3,(H2,16,20)(H,17,18). The fourth-order valence-electron chi connectivity index (χ4n) is 1.90. The highest BCUT2D eigenvalue weighted by Gasteiger charge is 2.10. The molecule has 0 aliphatic carbocycles. The Bertz CT molecular complexity index is 680. The van der Waals surface area contributed by atoms with Crippen LogP contribution >= 0.6 is 27.3 Å². The monoisotopic (exact) mass is 384 g/mol.